The summed E-state index contributed by atoms with van der Waals surface area (Å²) in [6.45, 7) is 12.1. The minimum atomic E-state index is 0.166. The zero-order chi connectivity index (χ0) is 14.3. The number of rotatable bonds is 8. The van der Waals surface area contributed by atoms with Gasteiger partial charge in [-0.1, -0.05) is 53.9 Å². The van der Waals surface area contributed by atoms with Crippen LogP contribution in [0.1, 0.15) is 77.4 Å². The average molecular weight is 282 g/mol. The third-order valence-corrected chi connectivity index (χ3v) is 4.25. The second kappa shape index (κ2) is 8.01. The highest BCUT2D eigenvalue weighted by molar-refractivity contribution is 7.09. The van der Waals surface area contributed by atoms with Gasteiger partial charge in [0.15, 0.2) is 0 Å². The number of thiazole rings is 1. The Bertz CT molecular complexity index is 352. The molecular weight excluding hydrogens is 252 g/mol. The Hall–Kier alpha value is -0.410. The third kappa shape index (κ3) is 6.05. The van der Waals surface area contributed by atoms with Crippen LogP contribution in [-0.4, -0.2) is 11.0 Å². The quantitative estimate of drug-likeness (QED) is 0.734. The molecule has 0 spiro atoms. The largest absolute Gasteiger partial charge is 0.308 e. The molecule has 0 aliphatic carbocycles. The van der Waals surface area contributed by atoms with Crippen molar-refractivity contribution < 1.29 is 0 Å². The van der Waals surface area contributed by atoms with Crippen molar-refractivity contribution in [1.29, 1.82) is 0 Å². The number of nitrogens with one attached hydrogen (secondary N) is 1. The van der Waals surface area contributed by atoms with Crippen molar-refractivity contribution in [2.75, 3.05) is 0 Å². The molecule has 0 amide bonds. The van der Waals surface area contributed by atoms with Gasteiger partial charge in [0, 0.05) is 23.4 Å². The fourth-order valence-electron chi connectivity index (χ4n) is 2.12. The van der Waals surface area contributed by atoms with Gasteiger partial charge in [-0.2, -0.15) is 0 Å². The van der Waals surface area contributed by atoms with Crippen LogP contribution in [0.2, 0.25) is 0 Å². The highest BCUT2D eigenvalue weighted by atomic mass is 32.1. The Balaban J connectivity index is 2.47. The highest BCUT2D eigenvalue weighted by Gasteiger charge is 2.17. The first-order chi connectivity index (χ1) is 8.97. The molecule has 1 rings (SSSR count). The van der Waals surface area contributed by atoms with E-state index in [-0.39, 0.29) is 5.41 Å². The molecule has 1 heterocycles. The maximum Gasteiger partial charge on any atom is 0.107 e. The SMILES string of the molecule is CCCCC(CCC)NCc1nc(C(C)(C)C)cs1. The molecule has 0 saturated carbocycles. The topological polar surface area (TPSA) is 24.9 Å². The second-order valence-corrected chi connectivity index (χ2v) is 7.33. The summed E-state index contributed by atoms with van der Waals surface area (Å²) in [6.07, 6.45) is 6.43. The van der Waals surface area contributed by atoms with Crippen LogP contribution < -0.4 is 5.32 Å². The smallest absolute Gasteiger partial charge is 0.107 e. The zero-order valence-corrected chi connectivity index (χ0v) is 14.1. The van der Waals surface area contributed by atoms with Crippen molar-refractivity contribution >= 4 is 11.3 Å². The van der Waals surface area contributed by atoms with Crippen molar-refractivity contribution in [2.24, 2.45) is 0 Å². The van der Waals surface area contributed by atoms with E-state index in [1.54, 1.807) is 11.3 Å². The predicted octanol–water partition coefficient (Wildman–Crippen LogP) is 4.89. The van der Waals surface area contributed by atoms with E-state index in [9.17, 15) is 0 Å². The van der Waals surface area contributed by atoms with Crippen LogP contribution in [0, 0.1) is 0 Å². The first-order valence-electron chi connectivity index (χ1n) is 7.65. The Morgan fingerprint density at radius 1 is 1.21 bits per heavy atom. The van der Waals surface area contributed by atoms with Crippen LogP contribution in [0.15, 0.2) is 5.38 Å². The number of aromatic nitrogens is 1. The lowest BCUT2D eigenvalue weighted by Gasteiger charge is -2.17. The fourth-order valence-corrected chi connectivity index (χ4v) is 3.09. The van der Waals surface area contributed by atoms with E-state index in [0.29, 0.717) is 6.04 Å². The summed E-state index contributed by atoms with van der Waals surface area (Å²) in [7, 11) is 0. The Kier molecular flexibility index (Phi) is 7.01. The van der Waals surface area contributed by atoms with Gasteiger partial charge in [-0.05, 0) is 12.8 Å². The molecule has 0 aromatic carbocycles. The van der Waals surface area contributed by atoms with Gasteiger partial charge in [0.25, 0.3) is 0 Å². The molecule has 0 aliphatic rings. The second-order valence-electron chi connectivity index (χ2n) is 6.39. The van der Waals surface area contributed by atoms with Crippen molar-refractivity contribution in [3.8, 4) is 0 Å². The molecule has 0 aliphatic heterocycles. The third-order valence-electron chi connectivity index (χ3n) is 3.41. The van der Waals surface area contributed by atoms with Gasteiger partial charge in [0.2, 0.25) is 0 Å². The lowest BCUT2D eigenvalue weighted by atomic mass is 9.93. The van der Waals surface area contributed by atoms with E-state index in [1.165, 1.54) is 42.8 Å². The molecular formula is C16H30N2S. The van der Waals surface area contributed by atoms with Crippen LogP contribution >= 0.6 is 11.3 Å². The van der Waals surface area contributed by atoms with Gasteiger partial charge in [-0.3, -0.25) is 0 Å². The van der Waals surface area contributed by atoms with E-state index < -0.39 is 0 Å². The average Bonchev–Trinajstić information content (AvgIpc) is 2.81. The van der Waals surface area contributed by atoms with E-state index in [2.05, 4.69) is 45.3 Å². The first-order valence-corrected chi connectivity index (χ1v) is 8.53. The molecule has 0 fully saturated rings. The molecule has 3 heteroatoms. The summed E-state index contributed by atoms with van der Waals surface area (Å²) in [4.78, 5) is 4.75. The van der Waals surface area contributed by atoms with Crippen molar-refractivity contribution in [3.63, 3.8) is 0 Å². The zero-order valence-electron chi connectivity index (χ0n) is 13.3. The molecule has 19 heavy (non-hydrogen) atoms. The summed E-state index contributed by atoms with van der Waals surface area (Å²) in [6, 6.07) is 0.659. The molecule has 1 N–H and O–H groups in total. The van der Waals surface area contributed by atoms with Crippen LogP contribution in [0.5, 0.6) is 0 Å². The molecule has 0 bridgehead atoms. The normalized spacial score (nSPS) is 13.7. The highest BCUT2D eigenvalue weighted by Crippen LogP contribution is 2.23. The van der Waals surface area contributed by atoms with Crippen molar-refractivity contribution in [2.45, 2.75) is 84.7 Å². The van der Waals surface area contributed by atoms with Crippen molar-refractivity contribution in [1.82, 2.24) is 10.3 Å². The lowest BCUT2D eigenvalue weighted by molar-refractivity contribution is 0.433. The van der Waals surface area contributed by atoms with E-state index >= 15 is 0 Å². The summed E-state index contributed by atoms with van der Waals surface area (Å²) < 4.78 is 0. The Morgan fingerprint density at radius 2 is 1.95 bits per heavy atom. The molecule has 1 atom stereocenters. The monoisotopic (exact) mass is 282 g/mol. The molecule has 1 aromatic heterocycles. The molecule has 1 aromatic rings. The fraction of sp³-hybridized carbons (Fsp3) is 0.812. The van der Waals surface area contributed by atoms with Crippen LogP contribution in [-0.2, 0) is 12.0 Å². The molecule has 0 radical (unpaired) electrons. The van der Waals surface area contributed by atoms with Gasteiger partial charge >= 0.3 is 0 Å². The maximum absolute atomic E-state index is 4.75. The van der Waals surface area contributed by atoms with E-state index in [0.717, 1.165) is 6.54 Å². The van der Waals surface area contributed by atoms with Crippen LogP contribution in [0.3, 0.4) is 0 Å². The molecule has 0 saturated heterocycles. The van der Waals surface area contributed by atoms with Gasteiger partial charge in [0.1, 0.15) is 5.01 Å². The minimum Gasteiger partial charge on any atom is -0.308 e. The molecule has 110 valence electrons. The van der Waals surface area contributed by atoms with Gasteiger partial charge in [-0.15, -0.1) is 11.3 Å². The number of hydrogen-bond acceptors (Lipinski definition) is 3. The number of nitrogens with zero attached hydrogens (tertiary/aromatic N) is 1. The van der Waals surface area contributed by atoms with Crippen LogP contribution in [0.25, 0.3) is 0 Å². The number of hydrogen-bond donors (Lipinski definition) is 1. The standard InChI is InChI=1S/C16H30N2S/c1-6-8-10-13(9-7-2)17-11-15-18-14(12-19-15)16(3,4)5/h12-13,17H,6-11H2,1-5H3. The predicted molar refractivity (Wildman–Crippen MR) is 85.9 cm³/mol. The van der Waals surface area contributed by atoms with Gasteiger partial charge in [0.05, 0.1) is 5.69 Å². The molecule has 2 nitrogen and oxygen atoms in total. The van der Waals surface area contributed by atoms with Gasteiger partial charge < -0.3 is 5.32 Å². The summed E-state index contributed by atoms with van der Waals surface area (Å²) in [5, 5.41) is 7.12. The number of unbranched alkanes of at least 4 members (excludes halogenated alkanes) is 1. The van der Waals surface area contributed by atoms with Gasteiger partial charge in [-0.25, -0.2) is 4.98 Å². The van der Waals surface area contributed by atoms with E-state index in [1.807, 2.05) is 0 Å². The van der Waals surface area contributed by atoms with E-state index in [4.69, 9.17) is 4.98 Å². The first kappa shape index (κ1) is 16.6. The maximum atomic E-state index is 4.75. The van der Waals surface area contributed by atoms with Crippen LogP contribution in [0.4, 0.5) is 0 Å². The summed E-state index contributed by atoms with van der Waals surface area (Å²) in [5.74, 6) is 0. The van der Waals surface area contributed by atoms with Crippen molar-refractivity contribution in [3.05, 3.63) is 16.1 Å². The summed E-state index contributed by atoms with van der Waals surface area (Å²) in [5.41, 5.74) is 1.38. The summed E-state index contributed by atoms with van der Waals surface area (Å²) >= 11 is 1.79. The molecule has 1 unspecified atom stereocenters. The minimum absolute atomic E-state index is 0.166. The lowest BCUT2D eigenvalue weighted by Crippen LogP contribution is -2.28. The Morgan fingerprint density at radius 3 is 2.47 bits per heavy atom. The Labute approximate surface area is 123 Å².